The number of allylic oxidation sites excluding steroid dienone is 1. The largest absolute Gasteiger partial charge is 0.458 e. The minimum atomic E-state index is -1.74. The van der Waals surface area contributed by atoms with Crippen molar-refractivity contribution in [2.24, 2.45) is 22.7 Å². The third-order valence-corrected chi connectivity index (χ3v) is 9.80. The van der Waals surface area contributed by atoms with Gasteiger partial charge in [0.25, 0.3) is 0 Å². The summed E-state index contributed by atoms with van der Waals surface area (Å²) in [7, 11) is 2.98. The second-order valence-electron chi connectivity index (χ2n) is 11.3. The van der Waals surface area contributed by atoms with Gasteiger partial charge in [-0.3, -0.25) is 14.4 Å². The van der Waals surface area contributed by atoms with E-state index in [4.69, 9.17) is 23.7 Å². The fourth-order valence-electron chi connectivity index (χ4n) is 8.07. The monoisotopic (exact) mass is 510 g/mol. The van der Waals surface area contributed by atoms with Gasteiger partial charge in [-0.2, -0.15) is 0 Å². The molecule has 0 bridgehead atoms. The smallest absolute Gasteiger partial charge is 0.303 e. The summed E-state index contributed by atoms with van der Waals surface area (Å²) < 4.78 is 45.6. The van der Waals surface area contributed by atoms with Gasteiger partial charge in [0.15, 0.2) is 12.4 Å². The number of carbonyl (C=O) groups is 3. The number of methoxy groups -OCH3 is 2. The van der Waals surface area contributed by atoms with E-state index >= 15 is 4.39 Å². The summed E-state index contributed by atoms with van der Waals surface area (Å²) in [6.45, 7) is 4.54. The number of hydrogen-bond donors (Lipinski definition) is 0. The normalized spacial score (nSPS) is 41.7. The van der Waals surface area contributed by atoms with Gasteiger partial charge in [-0.05, 0) is 50.5 Å². The maximum absolute atomic E-state index is 17.9. The average Bonchev–Trinajstić information content (AvgIpc) is 3.13. The van der Waals surface area contributed by atoms with Crippen LogP contribution in [0.1, 0.15) is 65.7 Å². The maximum atomic E-state index is 17.9. The maximum Gasteiger partial charge on any atom is 0.303 e. The Labute approximate surface area is 212 Å². The second kappa shape index (κ2) is 9.89. The van der Waals surface area contributed by atoms with Gasteiger partial charge in [-0.15, -0.1) is 0 Å². The van der Waals surface area contributed by atoms with Crippen LogP contribution in [0.5, 0.6) is 0 Å². The molecule has 8 nitrogen and oxygen atoms in total. The van der Waals surface area contributed by atoms with Gasteiger partial charge < -0.3 is 23.7 Å². The average molecular weight is 511 g/mol. The first-order valence-corrected chi connectivity index (χ1v) is 12.8. The zero-order valence-electron chi connectivity index (χ0n) is 22.0. The zero-order chi connectivity index (χ0) is 26.4. The van der Waals surface area contributed by atoms with Crippen LogP contribution in [0.15, 0.2) is 11.6 Å². The van der Waals surface area contributed by atoms with E-state index in [1.54, 1.807) is 6.08 Å². The zero-order valence-corrected chi connectivity index (χ0v) is 22.0. The topological polar surface area (TPSA) is 97.4 Å². The third kappa shape index (κ3) is 3.89. The standard InChI is InChI=1S/C27H39FO8/c1-17(29)34-14-22(31)26(36-16-33-5)11-9-20-21-7-6-18-12-19(30)8-10-24(18,2)27(21,28)23(35-15-32-4)13-25(20,26)3/h12,20-21,23H,6-11,13-16H2,1-5H3/t20-,21-,23?,24-,25-,26-,27-/m0/s1. The number of carbonyl (C=O) groups excluding carboxylic acids is 3. The van der Waals surface area contributed by atoms with Crippen LogP contribution < -0.4 is 0 Å². The van der Waals surface area contributed by atoms with Crippen LogP contribution in [0.25, 0.3) is 0 Å². The summed E-state index contributed by atoms with van der Waals surface area (Å²) in [5.74, 6) is -1.42. The van der Waals surface area contributed by atoms with Crippen molar-refractivity contribution in [3.63, 3.8) is 0 Å². The lowest BCUT2D eigenvalue weighted by atomic mass is 9.43. The molecule has 0 heterocycles. The number of Topliss-reactive ketones (excluding diaryl/α,β-unsaturated/α-hetero) is 1. The predicted molar refractivity (Wildman–Crippen MR) is 127 cm³/mol. The van der Waals surface area contributed by atoms with Crippen molar-refractivity contribution in [1.82, 2.24) is 0 Å². The molecule has 0 N–H and O–H groups in total. The van der Waals surface area contributed by atoms with Crippen molar-refractivity contribution in [2.45, 2.75) is 83.1 Å². The number of ketones is 2. The van der Waals surface area contributed by atoms with Crippen LogP contribution in [-0.2, 0) is 38.1 Å². The van der Waals surface area contributed by atoms with Gasteiger partial charge in [0.1, 0.15) is 24.9 Å². The molecule has 9 heteroatoms. The Morgan fingerprint density at radius 1 is 1.06 bits per heavy atom. The van der Waals surface area contributed by atoms with Gasteiger partial charge in [0.05, 0.1) is 6.10 Å². The second-order valence-corrected chi connectivity index (χ2v) is 11.3. The first kappa shape index (κ1) is 27.4. The molecule has 4 aliphatic rings. The molecular weight excluding hydrogens is 471 g/mol. The van der Waals surface area contributed by atoms with Crippen molar-refractivity contribution in [3.05, 3.63) is 11.6 Å². The number of rotatable bonds is 9. The summed E-state index contributed by atoms with van der Waals surface area (Å²) in [4.78, 5) is 37.4. The Kier molecular flexibility index (Phi) is 7.52. The number of esters is 1. The highest BCUT2D eigenvalue weighted by atomic mass is 19.1. The highest BCUT2D eigenvalue weighted by molar-refractivity contribution is 5.92. The molecule has 36 heavy (non-hydrogen) atoms. The van der Waals surface area contributed by atoms with E-state index < -0.39 is 46.7 Å². The first-order chi connectivity index (χ1) is 17.0. The Morgan fingerprint density at radius 3 is 2.44 bits per heavy atom. The highest BCUT2D eigenvalue weighted by Crippen LogP contribution is 2.71. The molecule has 0 aliphatic heterocycles. The van der Waals surface area contributed by atoms with E-state index in [1.165, 1.54) is 21.1 Å². The van der Waals surface area contributed by atoms with Gasteiger partial charge in [0.2, 0.25) is 5.78 Å². The quantitative estimate of drug-likeness (QED) is 0.342. The van der Waals surface area contributed by atoms with Gasteiger partial charge in [-0.25, -0.2) is 4.39 Å². The molecule has 0 aromatic rings. The SMILES string of the molecule is COCOC1C[C@@]2(C)[C@@H](CC[C@]2(OCOC)C(=O)COC(C)=O)[C@@H]2CCC3=CC(=O)CC[C@]3(C)[C@@]12F. The van der Waals surface area contributed by atoms with E-state index in [0.717, 1.165) is 5.57 Å². The third-order valence-electron chi connectivity index (χ3n) is 9.80. The summed E-state index contributed by atoms with van der Waals surface area (Å²) in [5, 5.41) is 0. The number of alkyl halides is 1. The van der Waals surface area contributed by atoms with Crippen molar-refractivity contribution in [2.75, 3.05) is 34.4 Å². The van der Waals surface area contributed by atoms with Crippen molar-refractivity contribution >= 4 is 17.5 Å². The lowest BCUT2D eigenvalue weighted by Gasteiger charge is -2.64. The highest BCUT2D eigenvalue weighted by Gasteiger charge is 2.75. The Morgan fingerprint density at radius 2 is 1.78 bits per heavy atom. The lowest BCUT2D eigenvalue weighted by Crippen LogP contribution is -2.70. The Bertz CT molecular complexity index is 935. The first-order valence-electron chi connectivity index (χ1n) is 12.8. The van der Waals surface area contributed by atoms with E-state index in [-0.39, 0.29) is 37.5 Å². The van der Waals surface area contributed by atoms with Crippen molar-refractivity contribution in [1.29, 1.82) is 0 Å². The van der Waals surface area contributed by atoms with Crippen molar-refractivity contribution < 1.29 is 42.5 Å². The summed E-state index contributed by atoms with van der Waals surface area (Å²) in [5.41, 5.74) is -3.82. The fourth-order valence-corrected chi connectivity index (χ4v) is 8.07. The van der Waals surface area contributed by atoms with E-state index in [1.807, 2.05) is 13.8 Å². The molecule has 0 saturated heterocycles. The minimum absolute atomic E-state index is 0.0449. The molecule has 202 valence electrons. The molecule has 0 radical (unpaired) electrons. The van der Waals surface area contributed by atoms with Gasteiger partial charge in [-0.1, -0.05) is 19.4 Å². The summed E-state index contributed by atoms with van der Waals surface area (Å²) >= 11 is 0. The van der Waals surface area contributed by atoms with Gasteiger partial charge >= 0.3 is 5.97 Å². The molecule has 4 aliphatic carbocycles. The molecular formula is C27H39FO8. The van der Waals surface area contributed by atoms with E-state index in [2.05, 4.69) is 0 Å². The molecule has 1 unspecified atom stereocenters. The summed E-state index contributed by atoms with van der Waals surface area (Å²) in [6.07, 6.45) is 3.87. The molecule has 3 saturated carbocycles. The Hall–Kier alpha value is -1.68. The molecule has 4 rings (SSSR count). The lowest BCUT2D eigenvalue weighted by molar-refractivity contribution is -0.264. The van der Waals surface area contributed by atoms with Crippen LogP contribution in [0.3, 0.4) is 0 Å². The van der Waals surface area contributed by atoms with Crippen LogP contribution in [0.4, 0.5) is 4.39 Å². The molecule has 0 aromatic heterocycles. The predicted octanol–water partition coefficient (Wildman–Crippen LogP) is 3.70. The van der Waals surface area contributed by atoms with Gasteiger partial charge in [0, 0.05) is 44.3 Å². The molecule has 0 aromatic carbocycles. The molecule has 0 amide bonds. The number of fused-ring (bicyclic) bond motifs is 5. The van der Waals surface area contributed by atoms with Crippen LogP contribution >= 0.6 is 0 Å². The Balaban J connectivity index is 1.79. The van der Waals surface area contributed by atoms with Crippen LogP contribution in [0, 0.1) is 22.7 Å². The molecule has 0 spiro atoms. The molecule has 3 fully saturated rings. The van der Waals surface area contributed by atoms with E-state index in [9.17, 15) is 14.4 Å². The van der Waals surface area contributed by atoms with Crippen molar-refractivity contribution in [3.8, 4) is 0 Å². The van der Waals surface area contributed by atoms with Crippen LogP contribution in [-0.4, -0.2) is 69.3 Å². The number of ether oxygens (including phenoxy) is 5. The number of hydrogen-bond acceptors (Lipinski definition) is 8. The number of halogens is 1. The minimum Gasteiger partial charge on any atom is -0.458 e. The molecule has 7 atom stereocenters. The summed E-state index contributed by atoms with van der Waals surface area (Å²) in [6, 6.07) is 0. The van der Waals surface area contributed by atoms with Crippen LogP contribution in [0.2, 0.25) is 0 Å². The van der Waals surface area contributed by atoms with E-state index in [0.29, 0.717) is 38.5 Å². The fraction of sp³-hybridized carbons (Fsp3) is 0.815.